The van der Waals surface area contributed by atoms with Gasteiger partial charge in [-0.25, -0.2) is 0 Å². The largest absolute Gasteiger partial charge is 0.366 e. The molecule has 2 saturated carbocycles. The van der Waals surface area contributed by atoms with E-state index in [2.05, 4.69) is 9.88 Å². The standard InChI is InChI=1S/C14H15N3O3/c18-12-13(3-4-13)8-16(9-14(12)5-6-14)10-1-2-11(15-7-10)17(19)20/h1-2,7H,3-6,8-9H2. The zero-order valence-corrected chi connectivity index (χ0v) is 11.0. The molecule has 0 atom stereocenters. The molecule has 1 aromatic rings. The Bertz CT molecular complexity index is 579. The number of nitro groups is 1. The first-order valence-corrected chi connectivity index (χ1v) is 6.95. The number of hydrogen-bond acceptors (Lipinski definition) is 5. The molecule has 1 saturated heterocycles. The Kier molecular flexibility index (Phi) is 2.10. The van der Waals surface area contributed by atoms with E-state index in [-0.39, 0.29) is 16.6 Å². The Labute approximate surface area is 115 Å². The Morgan fingerprint density at radius 1 is 1.15 bits per heavy atom. The quantitative estimate of drug-likeness (QED) is 0.608. The van der Waals surface area contributed by atoms with Gasteiger partial charge in [-0.3, -0.25) is 4.79 Å². The fraction of sp³-hybridized carbons (Fsp3) is 0.571. The van der Waals surface area contributed by atoms with Gasteiger partial charge < -0.3 is 15.0 Å². The van der Waals surface area contributed by atoms with Crippen LogP contribution < -0.4 is 4.90 Å². The van der Waals surface area contributed by atoms with Crippen LogP contribution in [0, 0.1) is 20.9 Å². The zero-order valence-electron chi connectivity index (χ0n) is 11.0. The predicted octanol–water partition coefficient (Wildman–Crippen LogP) is 1.94. The molecule has 2 spiro atoms. The minimum atomic E-state index is -0.492. The van der Waals surface area contributed by atoms with Crippen LogP contribution >= 0.6 is 0 Å². The summed E-state index contributed by atoms with van der Waals surface area (Å²) in [6.45, 7) is 1.49. The molecule has 4 rings (SSSR count). The molecule has 3 aliphatic rings. The Morgan fingerprint density at radius 2 is 1.75 bits per heavy atom. The fourth-order valence-electron chi connectivity index (χ4n) is 3.42. The van der Waals surface area contributed by atoms with Crippen molar-refractivity contribution < 1.29 is 9.72 Å². The second kappa shape index (κ2) is 3.56. The second-order valence-corrected chi connectivity index (χ2v) is 6.38. The molecule has 3 fully saturated rings. The van der Waals surface area contributed by atoms with Crippen LogP contribution in [-0.2, 0) is 4.79 Å². The highest BCUT2D eigenvalue weighted by Gasteiger charge is 2.65. The van der Waals surface area contributed by atoms with Gasteiger partial charge in [0, 0.05) is 30.0 Å². The summed E-state index contributed by atoms with van der Waals surface area (Å²) in [5.74, 6) is 0.334. The summed E-state index contributed by atoms with van der Waals surface area (Å²) in [7, 11) is 0. The van der Waals surface area contributed by atoms with Crippen molar-refractivity contribution in [3.8, 4) is 0 Å². The summed E-state index contributed by atoms with van der Waals surface area (Å²) in [6.07, 6.45) is 5.52. The van der Waals surface area contributed by atoms with Gasteiger partial charge in [0.1, 0.15) is 5.78 Å². The number of Topliss-reactive ketones (excluding diaryl/α,β-unsaturated/α-hetero) is 1. The van der Waals surface area contributed by atoms with Gasteiger partial charge in [0.25, 0.3) is 0 Å². The molecule has 0 amide bonds. The molecular formula is C14H15N3O3. The number of aromatic nitrogens is 1. The van der Waals surface area contributed by atoms with Gasteiger partial charge in [-0.15, -0.1) is 0 Å². The minimum absolute atomic E-state index is 0.128. The van der Waals surface area contributed by atoms with E-state index in [1.807, 2.05) is 0 Å². The van der Waals surface area contributed by atoms with Crippen LogP contribution in [-0.4, -0.2) is 28.8 Å². The number of piperidine rings is 1. The van der Waals surface area contributed by atoms with Gasteiger partial charge in [-0.05, 0) is 41.7 Å². The smallest absolute Gasteiger partial charge is 0.363 e. The van der Waals surface area contributed by atoms with Gasteiger partial charge in [-0.1, -0.05) is 0 Å². The lowest BCUT2D eigenvalue weighted by Gasteiger charge is -2.38. The molecule has 1 aromatic heterocycles. The molecule has 1 aliphatic heterocycles. The second-order valence-electron chi connectivity index (χ2n) is 6.38. The summed E-state index contributed by atoms with van der Waals surface area (Å²) in [5.41, 5.74) is 0.633. The average Bonchev–Trinajstić information content (AvgIpc) is 3.34. The summed E-state index contributed by atoms with van der Waals surface area (Å²) in [4.78, 5) is 28.7. The summed E-state index contributed by atoms with van der Waals surface area (Å²) in [5, 5.41) is 10.6. The van der Waals surface area contributed by atoms with Crippen molar-refractivity contribution in [1.29, 1.82) is 0 Å². The van der Waals surface area contributed by atoms with Crippen molar-refractivity contribution in [1.82, 2.24) is 4.98 Å². The van der Waals surface area contributed by atoms with Crippen LogP contribution in [0.15, 0.2) is 18.3 Å². The maximum Gasteiger partial charge on any atom is 0.363 e. The first-order chi connectivity index (χ1) is 9.55. The zero-order chi connectivity index (χ0) is 14.0. The monoisotopic (exact) mass is 273 g/mol. The van der Waals surface area contributed by atoms with E-state index in [0.717, 1.165) is 44.5 Å². The van der Waals surface area contributed by atoms with Crippen LogP contribution in [0.1, 0.15) is 25.7 Å². The first-order valence-electron chi connectivity index (χ1n) is 6.95. The number of hydrogen-bond donors (Lipinski definition) is 0. The number of carbonyl (C=O) groups is 1. The van der Waals surface area contributed by atoms with E-state index < -0.39 is 4.92 Å². The predicted molar refractivity (Wildman–Crippen MR) is 71.4 cm³/mol. The van der Waals surface area contributed by atoms with E-state index in [9.17, 15) is 14.9 Å². The van der Waals surface area contributed by atoms with E-state index >= 15 is 0 Å². The topological polar surface area (TPSA) is 76.3 Å². The van der Waals surface area contributed by atoms with E-state index in [0.29, 0.717) is 5.78 Å². The molecule has 104 valence electrons. The molecule has 0 aromatic carbocycles. The highest BCUT2D eigenvalue weighted by molar-refractivity contribution is 5.97. The van der Waals surface area contributed by atoms with Crippen molar-refractivity contribution in [3.63, 3.8) is 0 Å². The van der Waals surface area contributed by atoms with Crippen LogP contribution in [0.2, 0.25) is 0 Å². The summed E-state index contributed by atoms with van der Waals surface area (Å²) < 4.78 is 0. The third kappa shape index (κ3) is 1.57. The third-order valence-corrected chi connectivity index (χ3v) is 4.94. The van der Waals surface area contributed by atoms with E-state index in [4.69, 9.17) is 0 Å². The van der Waals surface area contributed by atoms with Crippen molar-refractivity contribution >= 4 is 17.3 Å². The number of anilines is 1. The SMILES string of the molecule is O=C1C2(CC2)CN(c2ccc([N+](=O)[O-])nc2)CC12CC2. The highest BCUT2D eigenvalue weighted by atomic mass is 16.6. The Hall–Kier alpha value is -1.98. The molecule has 20 heavy (non-hydrogen) atoms. The maximum absolute atomic E-state index is 12.5. The molecular weight excluding hydrogens is 258 g/mol. The van der Waals surface area contributed by atoms with Crippen molar-refractivity contribution in [2.24, 2.45) is 10.8 Å². The molecule has 0 radical (unpaired) electrons. The lowest BCUT2D eigenvalue weighted by molar-refractivity contribution is -0.389. The number of pyridine rings is 1. The van der Waals surface area contributed by atoms with Gasteiger partial charge in [0.05, 0.1) is 5.69 Å². The molecule has 0 unspecified atom stereocenters. The number of ketones is 1. The average molecular weight is 273 g/mol. The van der Waals surface area contributed by atoms with Crippen molar-refractivity contribution in [2.45, 2.75) is 25.7 Å². The minimum Gasteiger partial charge on any atom is -0.366 e. The van der Waals surface area contributed by atoms with Crippen molar-refractivity contribution in [3.05, 3.63) is 28.4 Å². The molecule has 6 heteroatoms. The molecule has 0 N–H and O–H groups in total. The van der Waals surface area contributed by atoms with Crippen LogP contribution in [0.3, 0.4) is 0 Å². The van der Waals surface area contributed by atoms with E-state index in [1.54, 1.807) is 12.3 Å². The van der Waals surface area contributed by atoms with Crippen LogP contribution in [0.4, 0.5) is 11.5 Å². The van der Waals surface area contributed by atoms with E-state index in [1.165, 1.54) is 6.07 Å². The lowest BCUT2D eigenvalue weighted by Crippen LogP contribution is -2.49. The summed E-state index contributed by atoms with van der Waals surface area (Å²) >= 11 is 0. The first kappa shape index (κ1) is 11.8. The van der Waals surface area contributed by atoms with Gasteiger partial charge in [-0.2, -0.15) is 0 Å². The van der Waals surface area contributed by atoms with Gasteiger partial charge in [0.15, 0.2) is 6.20 Å². The fourth-order valence-corrected chi connectivity index (χ4v) is 3.42. The number of nitrogens with zero attached hydrogens (tertiary/aromatic N) is 3. The summed E-state index contributed by atoms with van der Waals surface area (Å²) in [6, 6.07) is 3.18. The normalized spacial score (nSPS) is 25.0. The number of rotatable bonds is 2. The maximum atomic E-state index is 12.5. The molecule has 2 aliphatic carbocycles. The van der Waals surface area contributed by atoms with Gasteiger partial charge >= 0.3 is 5.82 Å². The molecule has 6 nitrogen and oxygen atoms in total. The van der Waals surface area contributed by atoms with Crippen LogP contribution in [0.5, 0.6) is 0 Å². The van der Waals surface area contributed by atoms with Crippen LogP contribution in [0.25, 0.3) is 0 Å². The van der Waals surface area contributed by atoms with Gasteiger partial charge in [0.2, 0.25) is 0 Å². The molecule has 0 bridgehead atoms. The Morgan fingerprint density at radius 3 is 2.15 bits per heavy atom. The van der Waals surface area contributed by atoms with Crippen molar-refractivity contribution in [2.75, 3.05) is 18.0 Å². The lowest BCUT2D eigenvalue weighted by atomic mass is 9.82. The Balaban J connectivity index is 1.62. The number of carbonyl (C=O) groups excluding carboxylic acids is 1. The highest BCUT2D eigenvalue weighted by Crippen LogP contribution is 2.62. The molecule has 2 heterocycles. The third-order valence-electron chi connectivity index (χ3n) is 4.94.